The first-order valence-corrected chi connectivity index (χ1v) is 11.0. The molecule has 1 aromatic heterocycles. The molecule has 8 nitrogen and oxygen atoms in total. The Morgan fingerprint density at radius 2 is 1.56 bits per heavy atom. The lowest BCUT2D eigenvalue weighted by atomic mass is 10.1. The van der Waals surface area contributed by atoms with E-state index in [0.717, 1.165) is 33.0 Å². The van der Waals surface area contributed by atoms with Gasteiger partial charge in [0, 0.05) is 23.9 Å². The van der Waals surface area contributed by atoms with Gasteiger partial charge >= 0.3 is 0 Å². The molecule has 0 saturated carbocycles. The molecule has 172 valence electrons. The Bertz CT molecular complexity index is 1330. The maximum Gasteiger partial charge on any atom is 0.269 e. The van der Waals surface area contributed by atoms with Gasteiger partial charge < -0.3 is 14.2 Å². The van der Waals surface area contributed by atoms with Crippen LogP contribution in [0.3, 0.4) is 0 Å². The predicted octanol–water partition coefficient (Wildman–Crippen LogP) is 6.16. The number of rotatable bonds is 8. The van der Waals surface area contributed by atoms with E-state index in [0.29, 0.717) is 16.6 Å². The Labute approximate surface area is 200 Å². The van der Waals surface area contributed by atoms with E-state index in [4.69, 9.17) is 19.2 Å². The quantitative estimate of drug-likeness (QED) is 0.172. The summed E-state index contributed by atoms with van der Waals surface area (Å²) in [5.41, 5.74) is 3.31. The van der Waals surface area contributed by atoms with E-state index in [1.165, 1.54) is 23.5 Å². The SMILES string of the molecule is COc1ccc(-c2nc(N=Cc3ccc(OC)c(OC)c3)sc2-c2ccc([N+](=O)[O-])cc2)cc1. The maximum atomic E-state index is 11.1. The van der Waals surface area contributed by atoms with E-state index >= 15 is 0 Å². The van der Waals surface area contributed by atoms with Crippen LogP contribution in [0.2, 0.25) is 0 Å². The molecule has 4 aromatic rings. The van der Waals surface area contributed by atoms with Crippen molar-refractivity contribution in [3.63, 3.8) is 0 Å². The number of benzene rings is 3. The Hall–Kier alpha value is -4.24. The summed E-state index contributed by atoms with van der Waals surface area (Å²) in [6, 6.07) is 19.5. The average Bonchev–Trinajstić information content (AvgIpc) is 3.31. The van der Waals surface area contributed by atoms with Gasteiger partial charge in [0.25, 0.3) is 5.69 Å². The van der Waals surface area contributed by atoms with Crippen LogP contribution in [0.1, 0.15) is 5.56 Å². The topological polar surface area (TPSA) is 96.1 Å². The highest BCUT2D eigenvalue weighted by Crippen LogP contribution is 2.41. The van der Waals surface area contributed by atoms with Crippen LogP contribution < -0.4 is 14.2 Å². The molecule has 34 heavy (non-hydrogen) atoms. The van der Waals surface area contributed by atoms with Crippen LogP contribution in [0.5, 0.6) is 17.2 Å². The summed E-state index contributed by atoms with van der Waals surface area (Å²) in [7, 11) is 4.78. The van der Waals surface area contributed by atoms with Gasteiger partial charge in [0.1, 0.15) is 5.75 Å². The van der Waals surface area contributed by atoms with Crippen molar-refractivity contribution in [3.8, 4) is 38.9 Å². The summed E-state index contributed by atoms with van der Waals surface area (Å²) in [4.78, 5) is 20.8. The summed E-state index contributed by atoms with van der Waals surface area (Å²) < 4.78 is 15.9. The Morgan fingerprint density at radius 3 is 2.18 bits per heavy atom. The number of hydrogen-bond acceptors (Lipinski definition) is 8. The van der Waals surface area contributed by atoms with Gasteiger partial charge in [0.05, 0.1) is 36.8 Å². The number of methoxy groups -OCH3 is 3. The molecule has 0 aliphatic carbocycles. The number of ether oxygens (including phenoxy) is 3. The van der Waals surface area contributed by atoms with Gasteiger partial charge in [0.2, 0.25) is 5.13 Å². The number of nitro groups is 1. The summed E-state index contributed by atoms with van der Waals surface area (Å²) in [5, 5.41) is 11.6. The zero-order chi connectivity index (χ0) is 24.1. The third kappa shape index (κ3) is 4.89. The van der Waals surface area contributed by atoms with Gasteiger partial charge in [-0.05, 0) is 65.7 Å². The molecule has 1 heterocycles. The fourth-order valence-corrected chi connectivity index (χ4v) is 4.24. The van der Waals surface area contributed by atoms with Crippen LogP contribution in [0.15, 0.2) is 71.7 Å². The standard InChI is InChI=1S/C25H21N3O5S/c1-31-20-11-7-17(8-12-20)23-24(18-5-9-19(10-6-18)28(29)30)34-25(27-23)26-15-16-4-13-21(32-2)22(14-16)33-3/h4-15H,1-3H3. The third-order valence-corrected chi connectivity index (χ3v) is 6.06. The van der Waals surface area contributed by atoms with E-state index in [2.05, 4.69) is 4.99 Å². The van der Waals surface area contributed by atoms with Gasteiger partial charge in [-0.1, -0.05) is 11.3 Å². The highest BCUT2D eigenvalue weighted by atomic mass is 32.1. The molecule has 0 atom stereocenters. The van der Waals surface area contributed by atoms with Crippen molar-refractivity contribution in [1.29, 1.82) is 0 Å². The number of thiazole rings is 1. The van der Waals surface area contributed by atoms with Gasteiger partial charge in [-0.15, -0.1) is 0 Å². The number of aromatic nitrogens is 1. The smallest absolute Gasteiger partial charge is 0.269 e. The van der Waals surface area contributed by atoms with Crippen molar-refractivity contribution < 1.29 is 19.1 Å². The van der Waals surface area contributed by atoms with E-state index in [1.807, 2.05) is 42.5 Å². The molecule has 0 aliphatic rings. The average molecular weight is 476 g/mol. The van der Waals surface area contributed by atoms with Crippen molar-refractivity contribution in [1.82, 2.24) is 4.98 Å². The van der Waals surface area contributed by atoms with Gasteiger partial charge in [0.15, 0.2) is 11.5 Å². The lowest BCUT2D eigenvalue weighted by Gasteiger charge is -2.07. The minimum atomic E-state index is -0.417. The van der Waals surface area contributed by atoms with Crippen molar-refractivity contribution in [3.05, 3.63) is 82.4 Å². The Balaban J connectivity index is 1.74. The van der Waals surface area contributed by atoms with Crippen LogP contribution in [0.25, 0.3) is 21.7 Å². The molecule has 3 aromatic carbocycles. The molecule has 0 spiro atoms. The second-order valence-electron chi connectivity index (χ2n) is 7.08. The molecule has 0 fully saturated rings. The second kappa shape index (κ2) is 10.1. The molecule has 0 saturated heterocycles. The molecule has 0 unspecified atom stereocenters. The maximum absolute atomic E-state index is 11.1. The number of nitro benzene ring substituents is 1. The summed E-state index contributed by atoms with van der Waals surface area (Å²) in [6.45, 7) is 0. The minimum Gasteiger partial charge on any atom is -0.497 e. The van der Waals surface area contributed by atoms with Gasteiger partial charge in [-0.3, -0.25) is 10.1 Å². The normalized spacial score (nSPS) is 10.9. The second-order valence-corrected chi connectivity index (χ2v) is 8.06. The predicted molar refractivity (Wildman–Crippen MR) is 133 cm³/mol. The van der Waals surface area contributed by atoms with Crippen LogP contribution >= 0.6 is 11.3 Å². The minimum absolute atomic E-state index is 0.0333. The number of aliphatic imine (C=N–C) groups is 1. The molecule has 0 bridgehead atoms. The molecule has 0 radical (unpaired) electrons. The van der Waals surface area contributed by atoms with Crippen LogP contribution in [0.4, 0.5) is 10.8 Å². The molecule has 9 heteroatoms. The van der Waals surface area contributed by atoms with E-state index in [1.54, 1.807) is 39.7 Å². The highest BCUT2D eigenvalue weighted by Gasteiger charge is 2.16. The fourth-order valence-electron chi connectivity index (χ4n) is 3.30. The molecule has 4 rings (SSSR count). The molecule has 0 amide bonds. The van der Waals surface area contributed by atoms with Crippen molar-refractivity contribution in [2.24, 2.45) is 4.99 Å². The monoisotopic (exact) mass is 475 g/mol. The number of nitrogens with zero attached hydrogens (tertiary/aromatic N) is 3. The van der Waals surface area contributed by atoms with Crippen molar-refractivity contribution in [2.75, 3.05) is 21.3 Å². The van der Waals surface area contributed by atoms with E-state index in [-0.39, 0.29) is 5.69 Å². The summed E-state index contributed by atoms with van der Waals surface area (Å²) in [5.74, 6) is 1.98. The molecular weight excluding hydrogens is 454 g/mol. The first kappa shape index (κ1) is 22.9. The number of hydrogen-bond donors (Lipinski definition) is 0. The zero-order valence-corrected chi connectivity index (χ0v) is 19.5. The van der Waals surface area contributed by atoms with Crippen molar-refractivity contribution >= 4 is 28.4 Å². The third-order valence-electron chi connectivity index (χ3n) is 5.05. The van der Waals surface area contributed by atoms with E-state index < -0.39 is 4.92 Å². The Morgan fingerprint density at radius 1 is 0.882 bits per heavy atom. The first-order chi connectivity index (χ1) is 16.5. The van der Waals surface area contributed by atoms with Gasteiger partial charge in [-0.25, -0.2) is 9.98 Å². The van der Waals surface area contributed by atoms with Crippen LogP contribution in [-0.4, -0.2) is 37.5 Å². The van der Waals surface area contributed by atoms with Crippen LogP contribution in [0, 0.1) is 10.1 Å². The molecule has 0 N–H and O–H groups in total. The fraction of sp³-hybridized carbons (Fsp3) is 0.120. The lowest BCUT2D eigenvalue weighted by Crippen LogP contribution is -1.91. The summed E-state index contributed by atoms with van der Waals surface area (Å²) >= 11 is 1.40. The molecule has 0 aliphatic heterocycles. The zero-order valence-electron chi connectivity index (χ0n) is 18.7. The lowest BCUT2D eigenvalue weighted by molar-refractivity contribution is -0.384. The number of non-ortho nitro benzene ring substituents is 1. The highest BCUT2D eigenvalue weighted by molar-refractivity contribution is 7.19. The largest absolute Gasteiger partial charge is 0.497 e. The van der Waals surface area contributed by atoms with Gasteiger partial charge in [-0.2, -0.15) is 0 Å². The van der Waals surface area contributed by atoms with E-state index in [9.17, 15) is 10.1 Å². The van der Waals surface area contributed by atoms with Crippen molar-refractivity contribution in [2.45, 2.75) is 0 Å². The van der Waals surface area contributed by atoms with Crippen LogP contribution in [-0.2, 0) is 0 Å². The Kier molecular flexibility index (Phi) is 6.84. The molecular formula is C25H21N3O5S. The summed E-state index contributed by atoms with van der Waals surface area (Å²) in [6.07, 6.45) is 1.71. The first-order valence-electron chi connectivity index (χ1n) is 10.2.